The number of nitrogens with one attached hydrogen (secondary N) is 2. The van der Waals surface area contributed by atoms with E-state index in [1.807, 2.05) is 54.6 Å². The summed E-state index contributed by atoms with van der Waals surface area (Å²) in [7, 11) is 0. The first kappa shape index (κ1) is 13.6. The van der Waals surface area contributed by atoms with E-state index in [0.29, 0.717) is 0 Å². The molecular weight excluding hydrogens is 264 g/mol. The number of amides is 2. The Morgan fingerprint density at radius 1 is 1.14 bits per heavy atom. The second kappa shape index (κ2) is 5.97. The van der Waals surface area contributed by atoms with Crippen LogP contribution in [0.25, 0.3) is 10.8 Å². The fraction of sp³-hybridized carbons (Fsp3) is 0.235. The quantitative estimate of drug-likeness (QED) is 0.758. The summed E-state index contributed by atoms with van der Waals surface area (Å²) < 4.78 is 0. The number of urea groups is 1. The Kier molecular flexibility index (Phi) is 3.88. The zero-order chi connectivity index (χ0) is 14.7. The summed E-state index contributed by atoms with van der Waals surface area (Å²) in [4.78, 5) is 12.0. The third-order valence-corrected chi connectivity index (χ3v) is 3.73. The molecule has 2 aromatic rings. The highest BCUT2D eigenvalue weighted by Crippen LogP contribution is 2.20. The van der Waals surface area contributed by atoms with Gasteiger partial charge in [0.2, 0.25) is 0 Å². The van der Waals surface area contributed by atoms with Crippen molar-refractivity contribution in [3.63, 3.8) is 0 Å². The molecule has 0 heterocycles. The normalized spacial score (nSPS) is 20.6. The summed E-state index contributed by atoms with van der Waals surface area (Å²) in [6.45, 7) is 0.126. The monoisotopic (exact) mass is 282 g/mol. The molecule has 1 aliphatic rings. The van der Waals surface area contributed by atoms with Gasteiger partial charge in [0.1, 0.15) is 0 Å². The number of carbonyl (C=O) groups excluding carboxylic acids is 1. The van der Waals surface area contributed by atoms with E-state index in [0.717, 1.165) is 22.9 Å². The molecule has 0 spiro atoms. The van der Waals surface area contributed by atoms with Crippen LogP contribution in [0.3, 0.4) is 0 Å². The smallest absolute Gasteiger partial charge is 0.319 e. The number of rotatable bonds is 3. The molecule has 0 saturated heterocycles. The van der Waals surface area contributed by atoms with E-state index >= 15 is 0 Å². The molecule has 0 fully saturated rings. The first-order valence-corrected chi connectivity index (χ1v) is 7.10. The first-order valence-electron chi connectivity index (χ1n) is 7.10. The van der Waals surface area contributed by atoms with Gasteiger partial charge in [-0.15, -0.1) is 0 Å². The van der Waals surface area contributed by atoms with Crippen LogP contribution in [0.2, 0.25) is 0 Å². The van der Waals surface area contributed by atoms with E-state index < -0.39 is 0 Å². The lowest BCUT2D eigenvalue weighted by Gasteiger charge is -2.14. The first-order chi connectivity index (χ1) is 10.2. The molecule has 0 bridgehead atoms. The van der Waals surface area contributed by atoms with Crippen molar-refractivity contribution in [2.24, 2.45) is 5.92 Å². The van der Waals surface area contributed by atoms with Gasteiger partial charge < -0.3 is 15.7 Å². The van der Waals surface area contributed by atoms with Gasteiger partial charge in [0, 0.05) is 24.3 Å². The maximum absolute atomic E-state index is 12.0. The highest BCUT2D eigenvalue weighted by atomic mass is 16.3. The number of benzene rings is 2. The minimum atomic E-state index is -0.224. The van der Waals surface area contributed by atoms with Crippen molar-refractivity contribution >= 4 is 22.5 Å². The number of carbonyl (C=O) groups is 1. The fourth-order valence-electron chi connectivity index (χ4n) is 2.62. The second-order valence-electron chi connectivity index (χ2n) is 5.33. The number of fused-ring (bicyclic) bond motifs is 1. The molecule has 0 radical (unpaired) electrons. The number of hydrogen-bond donors (Lipinski definition) is 3. The molecule has 3 rings (SSSR count). The summed E-state index contributed by atoms with van der Waals surface area (Å²) in [5, 5.41) is 17.1. The van der Waals surface area contributed by atoms with Gasteiger partial charge >= 0.3 is 6.03 Å². The maximum atomic E-state index is 12.0. The average Bonchev–Trinajstić information content (AvgIpc) is 2.94. The predicted molar refractivity (Wildman–Crippen MR) is 84.2 cm³/mol. The molecule has 21 heavy (non-hydrogen) atoms. The molecule has 108 valence electrons. The van der Waals surface area contributed by atoms with Crippen molar-refractivity contribution in [3.8, 4) is 0 Å². The standard InChI is InChI=1S/C17H18N2O2/c20-11-12-5-7-15(9-12)18-17(21)19-16-8-6-13-3-1-2-4-14(13)10-16/h1-8,10,12,15,20H,9,11H2,(H2,18,19,21)/t12-,15+/m0/s1. The lowest BCUT2D eigenvalue weighted by atomic mass is 10.1. The molecule has 0 unspecified atom stereocenters. The van der Waals surface area contributed by atoms with Crippen LogP contribution < -0.4 is 10.6 Å². The van der Waals surface area contributed by atoms with E-state index in [1.165, 1.54) is 0 Å². The Bertz CT molecular complexity index is 681. The zero-order valence-electron chi connectivity index (χ0n) is 11.6. The fourth-order valence-corrected chi connectivity index (χ4v) is 2.62. The third kappa shape index (κ3) is 3.23. The summed E-state index contributed by atoms with van der Waals surface area (Å²) in [5.41, 5.74) is 0.770. The second-order valence-corrected chi connectivity index (χ2v) is 5.33. The van der Waals surface area contributed by atoms with Gasteiger partial charge in [0.15, 0.2) is 0 Å². The minimum absolute atomic E-state index is 0.0115. The largest absolute Gasteiger partial charge is 0.396 e. The average molecular weight is 282 g/mol. The molecule has 0 aliphatic heterocycles. The molecule has 3 N–H and O–H groups in total. The van der Waals surface area contributed by atoms with Crippen LogP contribution in [0.5, 0.6) is 0 Å². The Labute approximate surface area is 123 Å². The van der Waals surface area contributed by atoms with Crippen LogP contribution >= 0.6 is 0 Å². The van der Waals surface area contributed by atoms with Gasteiger partial charge in [0.05, 0.1) is 0 Å². The maximum Gasteiger partial charge on any atom is 0.319 e. The SMILES string of the molecule is O=C(Nc1ccc2ccccc2c1)N[C@@H]1C=C[C@H](CO)C1. The minimum Gasteiger partial charge on any atom is -0.396 e. The number of aliphatic hydroxyl groups is 1. The Hall–Kier alpha value is -2.33. The summed E-state index contributed by atoms with van der Waals surface area (Å²) >= 11 is 0. The summed E-state index contributed by atoms with van der Waals surface area (Å²) in [5.74, 6) is 0.149. The van der Waals surface area contributed by atoms with Crippen molar-refractivity contribution in [2.75, 3.05) is 11.9 Å². The predicted octanol–water partition coefficient (Wildman–Crippen LogP) is 2.90. The van der Waals surface area contributed by atoms with Gasteiger partial charge in [-0.2, -0.15) is 0 Å². The molecule has 1 aliphatic carbocycles. The van der Waals surface area contributed by atoms with Crippen LogP contribution in [0.1, 0.15) is 6.42 Å². The van der Waals surface area contributed by atoms with E-state index in [9.17, 15) is 4.79 Å². The summed E-state index contributed by atoms with van der Waals surface area (Å²) in [6.07, 6.45) is 4.63. The van der Waals surface area contributed by atoms with Crippen molar-refractivity contribution < 1.29 is 9.90 Å². The molecule has 4 heteroatoms. The third-order valence-electron chi connectivity index (χ3n) is 3.73. The van der Waals surface area contributed by atoms with Crippen molar-refractivity contribution in [2.45, 2.75) is 12.5 Å². The molecular formula is C17H18N2O2. The molecule has 2 aromatic carbocycles. The topological polar surface area (TPSA) is 61.4 Å². The van der Waals surface area contributed by atoms with Crippen LogP contribution in [0, 0.1) is 5.92 Å². The van der Waals surface area contributed by atoms with Crippen LogP contribution in [0.15, 0.2) is 54.6 Å². The Balaban J connectivity index is 1.62. The van der Waals surface area contributed by atoms with Crippen LogP contribution in [0.4, 0.5) is 10.5 Å². The molecule has 4 nitrogen and oxygen atoms in total. The van der Waals surface area contributed by atoms with E-state index in [4.69, 9.17) is 5.11 Å². The van der Waals surface area contributed by atoms with Gasteiger partial charge in [0.25, 0.3) is 0 Å². The van der Waals surface area contributed by atoms with E-state index in [-0.39, 0.29) is 24.6 Å². The van der Waals surface area contributed by atoms with Gasteiger partial charge in [-0.05, 0) is 29.3 Å². The van der Waals surface area contributed by atoms with Crippen molar-refractivity contribution in [1.82, 2.24) is 5.32 Å². The number of aliphatic hydroxyl groups excluding tert-OH is 1. The molecule has 0 aromatic heterocycles. The Morgan fingerprint density at radius 3 is 2.71 bits per heavy atom. The zero-order valence-corrected chi connectivity index (χ0v) is 11.6. The van der Waals surface area contributed by atoms with Crippen LogP contribution in [-0.4, -0.2) is 23.8 Å². The van der Waals surface area contributed by atoms with Gasteiger partial charge in [-0.25, -0.2) is 4.79 Å². The Morgan fingerprint density at radius 2 is 1.95 bits per heavy atom. The lowest BCUT2D eigenvalue weighted by molar-refractivity contribution is 0.238. The van der Waals surface area contributed by atoms with Crippen molar-refractivity contribution in [1.29, 1.82) is 0 Å². The lowest BCUT2D eigenvalue weighted by Crippen LogP contribution is -2.36. The molecule has 2 atom stereocenters. The number of anilines is 1. The highest BCUT2D eigenvalue weighted by Gasteiger charge is 2.19. The number of hydrogen-bond acceptors (Lipinski definition) is 2. The molecule has 2 amide bonds. The van der Waals surface area contributed by atoms with E-state index in [1.54, 1.807) is 0 Å². The van der Waals surface area contributed by atoms with Crippen LogP contribution in [-0.2, 0) is 0 Å². The van der Waals surface area contributed by atoms with E-state index in [2.05, 4.69) is 10.6 Å². The van der Waals surface area contributed by atoms with Gasteiger partial charge in [-0.1, -0.05) is 42.5 Å². The van der Waals surface area contributed by atoms with Crippen molar-refractivity contribution in [3.05, 3.63) is 54.6 Å². The highest BCUT2D eigenvalue weighted by molar-refractivity contribution is 5.93. The van der Waals surface area contributed by atoms with Gasteiger partial charge in [-0.3, -0.25) is 0 Å². The summed E-state index contributed by atoms with van der Waals surface area (Å²) in [6, 6.07) is 13.6. The molecule has 0 saturated carbocycles.